The van der Waals surface area contributed by atoms with Gasteiger partial charge in [-0.05, 0) is 63.6 Å². The number of amidine groups is 1. The van der Waals surface area contributed by atoms with Crippen LogP contribution in [0, 0.1) is 12.3 Å². The largest absolute Gasteiger partial charge is 0.480 e. The lowest BCUT2D eigenvalue weighted by Crippen LogP contribution is -2.20. The molecule has 0 aromatic heterocycles. The molecule has 3 rings (SSSR count). The van der Waals surface area contributed by atoms with E-state index in [1.54, 1.807) is 36.4 Å². The second-order valence-corrected chi connectivity index (χ2v) is 7.22. The van der Waals surface area contributed by atoms with Gasteiger partial charge in [0.25, 0.3) is 11.8 Å². The maximum absolute atomic E-state index is 12.1. The Morgan fingerprint density at radius 3 is 2.78 bits per heavy atom. The molecule has 7 heteroatoms. The van der Waals surface area contributed by atoms with Gasteiger partial charge in [0.05, 0.1) is 9.38 Å². The molecule has 1 fully saturated rings. The van der Waals surface area contributed by atoms with Gasteiger partial charge in [0.15, 0.2) is 5.17 Å². The normalized spacial score (nSPS) is 16.2. The molecule has 0 unspecified atom stereocenters. The van der Waals surface area contributed by atoms with E-state index in [-0.39, 0.29) is 17.7 Å². The molecular formula is C20H13BrN2O3S. The summed E-state index contributed by atoms with van der Waals surface area (Å²) in [6.07, 6.45) is 6.90. The molecule has 2 aromatic rings. The first-order valence-corrected chi connectivity index (χ1v) is 9.42. The van der Waals surface area contributed by atoms with Crippen molar-refractivity contribution in [3.8, 4) is 18.1 Å². The Kier molecular flexibility index (Phi) is 6.12. The van der Waals surface area contributed by atoms with Gasteiger partial charge in [-0.15, -0.1) is 6.42 Å². The lowest BCUT2D eigenvalue weighted by atomic mass is 10.2. The van der Waals surface area contributed by atoms with E-state index < -0.39 is 5.91 Å². The Labute approximate surface area is 169 Å². The molecule has 0 aliphatic carbocycles. The van der Waals surface area contributed by atoms with Crippen molar-refractivity contribution in [2.75, 3.05) is 6.61 Å². The summed E-state index contributed by atoms with van der Waals surface area (Å²) in [5, 5.41) is 2.86. The van der Waals surface area contributed by atoms with Crippen LogP contribution in [-0.4, -0.2) is 23.6 Å². The SMILES string of the molecule is C#CCOc1ccc(/C=C2\SC(=NC(=O)c3ccccc3)NC2=O)cc1Br. The molecule has 1 N–H and O–H groups in total. The van der Waals surface area contributed by atoms with Crippen LogP contribution < -0.4 is 10.1 Å². The van der Waals surface area contributed by atoms with Crippen molar-refractivity contribution in [1.82, 2.24) is 5.32 Å². The molecule has 5 nitrogen and oxygen atoms in total. The van der Waals surface area contributed by atoms with Crippen molar-refractivity contribution in [2.45, 2.75) is 0 Å². The number of benzene rings is 2. The second-order valence-electron chi connectivity index (χ2n) is 5.34. The Morgan fingerprint density at radius 1 is 1.30 bits per heavy atom. The van der Waals surface area contributed by atoms with Crippen LogP contribution in [0.5, 0.6) is 5.75 Å². The molecule has 1 aliphatic rings. The molecule has 0 atom stereocenters. The topological polar surface area (TPSA) is 67.8 Å². The molecule has 0 spiro atoms. The van der Waals surface area contributed by atoms with E-state index in [9.17, 15) is 9.59 Å². The van der Waals surface area contributed by atoms with Crippen LogP contribution in [0.4, 0.5) is 0 Å². The Bertz CT molecular complexity index is 994. The number of aliphatic imine (C=N–C) groups is 1. The van der Waals surface area contributed by atoms with Crippen molar-refractivity contribution in [3.63, 3.8) is 0 Å². The highest BCUT2D eigenvalue weighted by molar-refractivity contribution is 9.10. The highest BCUT2D eigenvalue weighted by atomic mass is 79.9. The monoisotopic (exact) mass is 440 g/mol. The van der Waals surface area contributed by atoms with Crippen LogP contribution in [0.3, 0.4) is 0 Å². The van der Waals surface area contributed by atoms with Gasteiger partial charge in [-0.2, -0.15) is 4.99 Å². The number of carbonyl (C=O) groups is 2. The van der Waals surface area contributed by atoms with Gasteiger partial charge in [-0.25, -0.2) is 0 Å². The van der Waals surface area contributed by atoms with Crippen LogP contribution in [-0.2, 0) is 4.79 Å². The zero-order valence-electron chi connectivity index (χ0n) is 13.9. The quantitative estimate of drug-likeness (QED) is 0.578. The minimum atomic E-state index is -0.405. The Hall–Kier alpha value is -2.82. The highest BCUT2D eigenvalue weighted by Gasteiger charge is 2.24. The number of amides is 2. The molecule has 0 bridgehead atoms. The number of terminal acetylenes is 1. The van der Waals surface area contributed by atoms with Gasteiger partial charge in [-0.1, -0.05) is 30.2 Å². The number of rotatable bonds is 4. The van der Waals surface area contributed by atoms with Crippen molar-refractivity contribution in [2.24, 2.45) is 4.99 Å². The molecule has 1 heterocycles. The summed E-state index contributed by atoms with van der Waals surface area (Å²) in [5.41, 5.74) is 1.26. The van der Waals surface area contributed by atoms with Gasteiger partial charge in [0.1, 0.15) is 12.4 Å². The Balaban J connectivity index is 1.75. The van der Waals surface area contributed by atoms with Crippen LogP contribution in [0.2, 0.25) is 0 Å². The van der Waals surface area contributed by atoms with Gasteiger partial charge < -0.3 is 10.1 Å². The maximum Gasteiger partial charge on any atom is 0.279 e. The van der Waals surface area contributed by atoms with Gasteiger partial charge in [0.2, 0.25) is 0 Å². The molecular weight excluding hydrogens is 428 g/mol. The van der Waals surface area contributed by atoms with Crippen molar-refractivity contribution in [3.05, 3.63) is 69.0 Å². The first kappa shape index (κ1) is 19.0. The summed E-state index contributed by atoms with van der Waals surface area (Å²) >= 11 is 4.53. The van der Waals surface area contributed by atoms with E-state index in [0.717, 1.165) is 21.8 Å². The number of nitrogens with one attached hydrogen (secondary N) is 1. The molecule has 134 valence electrons. The first-order valence-electron chi connectivity index (χ1n) is 7.81. The summed E-state index contributed by atoms with van der Waals surface area (Å²) in [6, 6.07) is 14.1. The third-order valence-electron chi connectivity index (χ3n) is 3.44. The first-order chi connectivity index (χ1) is 13.1. The standard InChI is InChI=1S/C20H13BrN2O3S/c1-2-10-26-16-9-8-13(11-15(16)21)12-17-19(25)23-20(27-17)22-18(24)14-6-4-3-5-7-14/h1,3-9,11-12H,10H2,(H,22,23,24,25)/b17-12-. The zero-order valence-corrected chi connectivity index (χ0v) is 16.3. The second kappa shape index (κ2) is 8.71. The minimum absolute atomic E-state index is 0.173. The van der Waals surface area contributed by atoms with E-state index in [1.807, 2.05) is 18.2 Å². The van der Waals surface area contributed by atoms with Crippen molar-refractivity contribution in [1.29, 1.82) is 0 Å². The molecule has 27 heavy (non-hydrogen) atoms. The van der Waals surface area contributed by atoms with Gasteiger partial charge in [-0.3, -0.25) is 9.59 Å². The molecule has 0 radical (unpaired) electrons. The fourth-order valence-electron chi connectivity index (χ4n) is 2.21. The van der Waals surface area contributed by atoms with E-state index in [1.165, 1.54) is 0 Å². The predicted octanol–water partition coefficient (Wildman–Crippen LogP) is 3.86. The van der Waals surface area contributed by atoms with Crippen molar-refractivity contribution >= 4 is 50.7 Å². The van der Waals surface area contributed by atoms with E-state index in [4.69, 9.17) is 11.2 Å². The van der Waals surface area contributed by atoms with Gasteiger partial charge in [0, 0.05) is 5.56 Å². The molecule has 2 amide bonds. The highest BCUT2D eigenvalue weighted by Crippen LogP contribution is 2.30. The minimum Gasteiger partial charge on any atom is -0.480 e. The summed E-state index contributed by atoms with van der Waals surface area (Å²) in [5.74, 6) is 2.31. The number of ether oxygens (including phenoxy) is 1. The van der Waals surface area contributed by atoms with Crippen LogP contribution in [0.25, 0.3) is 6.08 Å². The van der Waals surface area contributed by atoms with Crippen molar-refractivity contribution < 1.29 is 14.3 Å². The maximum atomic E-state index is 12.1. The molecule has 1 aliphatic heterocycles. The third-order valence-corrected chi connectivity index (χ3v) is 4.97. The predicted molar refractivity (Wildman–Crippen MR) is 110 cm³/mol. The summed E-state index contributed by atoms with van der Waals surface area (Å²) in [6.45, 7) is 0.173. The fourth-order valence-corrected chi connectivity index (χ4v) is 3.54. The van der Waals surface area contributed by atoms with E-state index in [0.29, 0.717) is 16.2 Å². The van der Waals surface area contributed by atoms with Crippen LogP contribution in [0.15, 0.2) is 62.9 Å². The average molecular weight is 441 g/mol. The number of hydrogen-bond donors (Lipinski definition) is 1. The summed E-state index contributed by atoms with van der Waals surface area (Å²) in [4.78, 5) is 28.7. The number of hydrogen-bond acceptors (Lipinski definition) is 4. The van der Waals surface area contributed by atoms with Crippen LogP contribution in [0.1, 0.15) is 15.9 Å². The number of halogens is 1. The zero-order chi connectivity index (χ0) is 19.2. The number of nitrogens with zero attached hydrogens (tertiary/aromatic N) is 1. The molecule has 0 saturated carbocycles. The van der Waals surface area contributed by atoms with E-state index in [2.05, 4.69) is 32.2 Å². The fraction of sp³-hybridized carbons (Fsp3) is 0.0500. The molecule has 2 aromatic carbocycles. The third kappa shape index (κ3) is 4.88. The smallest absolute Gasteiger partial charge is 0.279 e. The average Bonchev–Trinajstić information content (AvgIpc) is 3.00. The summed E-state index contributed by atoms with van der Waals surface area (Å²) < 4.78 is 6.12. The number of thioether (sulfide) groups is 1. The lowest BCUT2D eigenvalue weighted by molar-refractivity contribution is -0.115. The van der Waals surface area contributed by atoms with E-state index >= 15 is 0 Å². The lowest BCUT2D eigenvalue weighted by Gasteiger charge is -2.05. The summed E-state index contributed by atoms with van der Waals surface area (Å²) in [7, 11) is 0. The number of carbonyl (C=O) groups excluding carboxylic acids is 2. The molecule has 1 saturated heterocycles. The van der Waals surface area contributed by atoms with Crippen LogP contribution >= 0.6 is 27.7 Å². The Morgan fingerprint density at radius 2 is 2.07 bits per heavy atom. The van der Waals surface area contributed by atoms with Gasteiger partial charge >= 0.3 is 0 Å².